The summed E-state index contributed by atoms with van der Waals surface area (Å²) in [5.74, 6) is -12.7. The third-order valence-electron chi connectivity index (χ3n) is 16.6. The van der Waals surface area contributed by atoms with Gasteiger partial charge < -0.3 is 85.3 Å². The molecule has 0 aromatic rings. The molecule has 0 N–H and O–H groups in total. The zero-order valence-corrected chi connectivity index (χ0v) is 77.0. The third kappa shape index (κ3) is 59.3. The highest BCUT2D eigenvalue weighted by Crippen LogP contribution is 2.34. The number of esters is 8. The van der Waals surface area contributed by atoms with Gasteiger partial charge in [0.25, 0.3) is 59.2 Å². The van der Waals surface area contributed by atoms with Crippen molar-refractivity contribution in [2.24, 2.45) is 21.7 Å². The number of hydrogen-bond acceptors (Lipinski definition) is 38. The fourth-order valence-electron chi connectivity index (χ4n) is 9.06. The molecule has 0 amide bonds. The average Bonchev–Trinajstić information content (AvgIpc) is 1.34. The van der Waals surface area contributed by atoms with Gasteiger partial charge in [-0.25, -0.2) is 38.4 Å². The van der Waals surface area contributed by atoms with E-state index in [-0.39, 0.29) is 135 Å². The molecular formula is C91H130O38. The van der Waals surface area contributed by atoms with Crippen molar-refractivity contribution in [2.75, 3.05) is 120 Å². The lowest BCUT2D eigenvalue weighted by atomic mass is 9.90. The van der Waals surface area contributed by atoms with Crippen LogP contribution in [0.15, 0.2) is 124 Å². The van der Waals surface area contributed by atoms with E-state index < -0.39 is 117 Å². The lowest BCUT2D eigenvalue weighted by molar-refractivity contribution is -0.268. The predicted molar refractivity (Wildman–Crippen MR) is 461 cm³/mol. The minimum atomic E-state index is -0.904. The summed E-state index contributed by atoms with van der Waals surface area (Å²) >= 11 is 0. The monoisotopic (exact) mass is 1830 g/mol. The van der Waals surface area contributed by atoms with Crippen molar-refractivity contribution in [2.45, 2.75) is 191 Å². The van der Waals surface area contributed by atoms with Crippen LogP contribution < -0.4 is 0 Å². The van der Waals surface area contributed by atoms with E-state index in [1.54, 1.807) is 6.92 Å². The number of rotatable bonds is 40. The second-order valence-corrected chi connectivity index (χ2v) is 31.3. The Morgan fingerprint density at radius 3 is 0.814 bits per heavy atom. The molecule has 4 atom stereocenters. The van der Waals surface area contributed by atoms with Gasteiger partial charge in [-0.3, -0.25) is 57.5 Å². The van der Waals surface area contributed by atoms with Crippen LogP contribution in [-0.4, -0.2) is 275 Å². The van der Waals surface area contributed by atoms with E-state index in [4.69, 9.17) is 66.3 Å². The third-order valence-corrected chi connectivity index (χ3v) is 16.6. The Bertz CT molecular complexity index is 3730. The standard InChI is InChI=1S/C15H24O5.C14H22O5.2C10H14O4.2C9H12O4.C7H10O3.2C6H8O3.C5H6O3/c1-10(2)11(16)12(17)18-9-15(5,6)13-19-7-14(3,4)8-20-13;1-6-10(15)11(16)17-9-14(4,5)12-18-7-13(2,3)8-19-12;2*1-7(2)9(11)10(12)14-6-8-4-3-5-13-8;2*1-2-8(10)9(11)13-6-7-4-3-5-12-7;1-6(2)7(9)3-4-10-5-8;1-4(2)5(7)6(8)9-3;1-2-6(8)3-4-9-5-7;1-3-4(6)5(7)8-2/h13H,1,7-9H2,2-6H3;6,12H,1,7-9H2,2-5H3;2*8H,1,3-6H2,2H3;2*2,7H,1,3-6H2;5H,1,3-4H2,2H3;1H2,2-3H3;2,5H,1,3-4H2;3H,1H2,2H3. The smallest absolute Gasteiger partial charge is 0.379 e. The maximum Gasteiger partial charge on any atom is 0.379 e. The summed E-state index contributed by atoms with van der Waals surface area (Å²) < 4.78 is 89.2. The van der Waals surface area contributed by atoms with Gasteiger partial charge in [0.15, 0.2) is 24.1 Å². The Morgan fingerprint density at radius 2 is 0.589 bits per heavy atom. The first-order chi connectivity index (χ1) is 60.2. The normalized spacial score (nSPS) is 16.9. The van der Waals surface area contributed by atoms with Crippen molar-refractivity contribution in [3.8, 4) is 0 Å². The number of Topliss-reactive ketones (excluding diaryl/α,β-unsaturated/α-hetero) is 5. The number of hydrogen-bond donors (Lipinski definition) is 0. The SMILES string of the molecule is C=C(C)C(=O)C(=O)OC.C=C(C)C(=O)C(=O)OCC(C)(C)C1OCC(C)(C)CO1.C=C(C)C(=O)C(=O)OCC1CCCO1.C=C(C)C(=O)C(=O)OCC1CCCO1.C=C(C)C(=O)CCOC=O.C=CC(=O)C(=O)OC.C=CC(=O)C(=O)OCC(C)(C)C1OCC(C)(C)CO1.C=CC(=O)C(=O)OCC1CCCO1.C=CC(=O)C(=O)OCC1CCCO1.C=CC(=O)CCOC=O. The maximum atomic E-state index is 11.5. The number of carbonyl (C=O) groups is 20. The van der Waals surface area contributed by atoms with Gasteiger partial charge in [-0.15, -0.1) is 0 Å². The highest BCUT2D eigenvalue weighted by molar-refractivity contribution is 6.42. The molecule has 4 unspecified atom stereocenters. The number of methoxy groups -OCH3 is 2. The first kappa shape index (κ1) is 124. The molecule has 129 heavy (non-hydrogen) atoms. The molecule has 38 heteroatoms. The van der Waals surface area contributed by atoms with E-state index in [1.807, 2.05) is 27.7 Å². The largest absolute Gasteiger partial charge is 0.467 e. The summed E-state index contributed by atoms with van der Waals surface area (Å²) in [6.07, 6.45) is 11.8. The second-order valence-electron chi connectivity index (χ2n) is 31.3. The molecule has 6 fully saturated rings. The summed E-state index contributed by atoms with van der Waals surface area (Å²) in [4.78, 5) is 214. The van der Waals surface area contributed by atoms with Crippen LogP contribution in [0.3, 0.4) is 0 Å². The van der Waals surface area contributed by atoms with Crippen LogP contribution in [-0.2, 0) is 181 Å². The highest BCUT2D eigenvalue weighted by Gasteiger charge is 2.41. The molecule has 6 heterocycles. The lowest BCUT2D eigenvalue weighted by Crippen LogP contribution is -2.47. The van der Waals surface area contributed by atoms with Crippen LogP contribution in [0.1, 0.15) is 154 Å². The van der Waals surface area contributed by atoms with Crippen LogP contribution in [0, 0.1) is 21.7 Å². The molecule has 0 spiro atoms. The Labute approximate surface area is 753 Å². The van der Waals surface area contributed by atoms with Gasteiger partial charge >= 0.3 is 47.8 Å². The first-order valence-electron chi connectivity index (χ1n) is 40.2. The Balaban J connectivity index is -0.000000682. The van der Waals surface area contributed by atoms with Gasteiger partial charge in [-0.1, -0.05) is 121 Å². The highest BCUT2D eigenvalue weighted by atomic mass is 16.7. The molecule has 6 aliphatic heterocycles. The van der Waals surface area contributed by atoms with E-state index in [1.165, 1.54) is 33.8 Å². The molecular weight excluding hydrogens is 1700 g/mol. The molecule has 0 aromatic heterocycles. The first-order valence-corrected chi connectivity index (χ1v) is 40.2. The van der Waals surface area contributed by atoms with E-state index in [9.17, 15) is 95.9 Å². The molecule has 0 aliphatic carbocycles. The lowest BCUT2D eigenvalue weighted by Gasteiger charge is -2.41. The van der Waals surface area contributed by atoms with E-state index in [0.29, 0.717) is 71.4 Å². The zero-order valence-electron chi connectivity index (χ0n) is 77.0. The average molecular weight is 1830 g/mol. The van der Waals surface area contributed by atoms with Gasteiger partial charge in [0.1, 0.15) is 39.6 Å². The predicted octanol–water partition coefficient (Wildman–Crippen LogP) is 7.66. The fraction of sp³-hybridized carbons (Fsp3) is 0.560. The molecule has 0 bridgehead atoms. The number of allylic oxidation sites excluding steroid dienone is 2. The molecule has 0 aromatic carbocycles. The zero-order chi connectivity index (χ0) is 99.8. The fourth-order valence-corrected chi connectivity index (χ4v) is 9.06. The van der Waals surface area contributed by atoms with Crippen LogP contribution in [0.2, 0.25) is 0 Å². The van der Waals surface area contributed by atoms with E-state index in [2.05, 4.69) is 112 Å². The second kappa shape index (κ2) is 68.6. The summed E-state index contributed by atoms with van der Waals surface area (Å²) in [6, 6.07) is 0. The quantitative estimate of drug-likeness (QED) is 0.0142. The van der Waals surface area contributed by atoms with E-state index >= 15 is 0 Å². The summed E-state index contributed by atoms with van der Waals surface area (Å²) in [5.41, 5.74) is 0.178. The summed E-state index contributed by atoms with van der Waals surface area (Å²) in [5, 5.41) is 0. The molecule has 6 aliphatic rings. The van der Waals surface area contributed by atoms with Crippen molar-refractivity contribution >= 4 is 119 Å². The van der Waals surface area contributed by atoms with Gasteiger partial charge in [-0.2, -0.15) is 0 Å². The van der Waals surface area contributed by atoms with Crippen molar-refractivity contribution in [3.63, 3.8) is 0 Å². The number of ketones is 10. The Hall–Kier alpha value is -11.5. The Morgan fingerprint density at radius 1 is 0.341 bits per heavy atom. The van der Waals surface area contributed by atoms with Gasteiger partial charge in [0.05, 0.1) is 78.3 Å². The summed E-state index contributed by atoms with van der Waals surface area (Å²) in [6.45, 7) is 62.9. The van der Waals surface area contributed by atoms with Crippen molar-refractivity contribution < 1.29 is 181 Å². The maximum absolute atomic E-state index is 11.5. The van der Waals surface area contributed by atoms with Gasteiger partial charge in [0, 0.05) is 60.9 Å². The van der Waals surface area contributed by atoms with Crippen molar-refractivity contribution in [3.05, 3.63) is 124 Å². The van der Waals surface area contributed by atoms with Crippen molar-refractivity contribution in [1.29, 1.82) is 0 Å². The van der Waals surface area contributed by atoms with Crippen LogP contribution in [0.5, 0.6) is 0 Å². The number of carbonyl (C=O) groups excluding carboxylic acids is 20. The molecule has 722 valence electrons. The van der Waals surface area contributed by atoms with Crippen LogP contribution in [0.4, 0.5) is 0 Å². The van der Waals surface area contributed by atoms with Gasteiger partial charge in [0.2, 0.25) is 0 Å². The topological polar surface area (TPSA) is 508 Å². The number of ether oxygens (including phenoxy) is 18. The van der Waals surface area contributed by atoms with E-state index in [0.717, 1.165) is 89.9 Å². The van der Waals surface area contributed by atoms with Gasteiger partial charge in [-0.05, 0) is 144 Å². The van der Waals surface area contributed by atoms with Crippen LogP contribution >= 0.6 is 0 Å². The minimum Gasteiger partial charge on any atom is -0.467 e. The summed E-state index contributed by atoms with van der Waals surface area (Å²) in [7, 11) is 2.30. The van der Waals surface area contributed by atoms with Crippen molar-refractivity contribution in [1.82, 2.24) is 0 Å². The molecule has 0 radical (unpaired) electrons. The molecule has 6 rings (SSSR count). The molecule has 6 saturated heterocycles. The Kier molecular flexibility index (Phi) is 65.8. The van der Waals surface area contributed by atoms with Crippen LogP contribution in [0.25, 0.3) is 0 Å². The molecule has 38 nitrogen and oxygen atoms in total. The molecule has 0 saturated carbocycles. The minimum absolute atomic E-state index is 0.0118.